The molecule has 0 bridgehead atoms. The van der Waals surface area contributed by atoms with Gasteiger partial charge in [0.1, 0.15) is 23.9 Å². The fourth-order valence-electron chi connectivity index (χ4n) is 6.42. The maximum Gasteiger partial charge on any atom is 0.243 e. The van der Waals surface area contributed by atoms with Crippen LogP contribution in [0.15, 0.2) is 104 Å². The van der Waals surface area contributed by atoms with Crippen LogP contribution in [0, 0.1) is 12.3 Å². The van der Waals surface area contributed by atoms with Crippen molar-refractivity contribution in [2.45, 2.75) is 77.5 Å². The Hall–Kier alpha value is -6.71. The first-order valence-corrected chi connectivity index (χ1v) is 20.4. The highest BCUT2D eigenvalue weighted by molar-refractivity contribution is 6.30. The van der Waals surface area contributed by atoms with E-state index in [-0.39, 0.29) is 25.0 Å². The van der Waals surface area contributed by atoms with E-state index in [2.05, 4.69) is 36.2 Å². The number of H-pyrrole nitrogens is 2. The van der Waals surface area contributed by atoms with Gasteiger partial charge < -0.3 is 47.8 Å². The maximum absolute atomic E-state index is 13.7. The number of halogens is 1. The summed E-state index contributed by atoms with van der Waals surface area (Å²) in [6.07, 6.45) is 5.07. The predicted octanol–water partition coefficient (Wildman–Crippen LogP) is 4.25. The van der Waals surface area contributed by atoms with E-state index in [1.54, 1.807) is 76.6 Å². The van der Waals surface area contributed by atoms with E-state index in [0.29, 0.717) is 22.2 Å². The Morgan fingerprint density at radius 1 is 0.742 bits per heavy atom. The monoisotopic (exact) mass is 863 g/mol. The van der Waals surface area contributed by atoms with Crippen molar-refractivity contribution in [3.05, 3.63) is 131 Å². The molecule has 3 aromatic heterocycles. The van der Waals surface area contributed by atoms with E-state index < -0.39 is 65.2 Å². The number of phenolic OH excluding ortho intramolecular Hbond substituents is 1. The number of aromatic nitrogens is 3. The number of amides is 5. The Balaban J connectivity index is 0.000000814. The topological polar surface area (TPSA) is 250 Å². The third kappa shape index (κ3) is 12.2. The maximum atomic E-state index is 13.7. The van der Waals surface area contributed by atoms with Crippen LogP contribution in [-0.4, -0.2) is 79.8 Å². The molecule has 3 heterocycles. The molecular weight excluding hydrogens is 810 g/mol. The van der Waals surface area contributed by atoms with Crippen molar-refractivity contribution in [3.8, 4) is 5.75 Å². The average molecular weight is 864 g/mol. The Morgan fingerprint density at radius 2 is 1.35 bits per heavy atom. The summed E-state index contributed by atoms with van der Waals surface area (Å²) in [5.41, 5.74) is 14.7. The van der Waals surface area contributed by atoms with Gasteiger partial charge in [0.05, 0.1) is 12.0 Å². The second-order valence-electron chi connectivity index (χ2n) is 16.3. The van der Waals surface area contributed by atoms with Gasteiger partial charge in [-0.05, 0) is 94.3 Å². The molecule has 0 radical (unpaired) electrons. The summed E-state index contributed by atoms with van der Waals surface area (Å²) in [4.78, 5) is 77.4. The van der Waals surface area contributed by atoms with Crippen molar-refractivity contribution >= 4 is 62.9 Å². The van der Waals surface area contributed by atoms with Gasteiger partial charge in [0.2, 0.25) is 29.5 Å². The molecule has 16 heteroatoms. The minimum Gasteiger partial charge on any atom is -0.508 e. The summed E-state index contributed by atoms with van der Waals surface area (Å²) < 4.78 is 0. The van der Waals surface area contributed by atoms with Crippen LogP contribution in [0.4, 0.5) is 0 Å². The zero-order valence-electron chi connectivity index (χ0n) is 35.3. The molecule has 62 heavy (non-hydrogen) atoms. The fraction of sp³-hybridized carbons (Fsp3) is 0.304. The third-order valence-electron chi connectivity index (χ3n) is 11.0. The number of nitrogens with two attached hydrogens (primary N) is 2. The van der Waals surface area contributed by atoms with Crippen LogP contribution in [0.5, 0.6) is 5.75 Å². The van der Waals surface area contributed by atoms with Crippen LogP contribution < -0.4 is 32.7 Å². The molecule has 326 valence electrons. The predicted molar refractivity (Wildman–Crippen MR) is 240 cm³/mol. The number of aromatic amines is 2. The number of pyridine rings is 1. The van der Waals surface area contributed by atoms with Crippen molar-refractivity contribution in [1.29, 1.82) is 0 Å². The molecule has 15 nitrogen and oxygen atoms in total. The van der Waals surface area contributed by atoms with E-state index in [9.17, 15) is 29.1 Å². The molecule has 5 amide bonds. The zero-order chi connectivity index (χ0) is 45.2. The van der Waals surface area contributed by atoms with Gasteiger partial charge in [-0.1, -0.05) is 53.6 Å². The molecule has 3 atom stereocenters. The zero-order valence-corrected chi connectivity index (χ0v) is 36.1. The Morgan fingerprint density at radius 3 is 1.98 bits per heavy atom. The number of hydrogen-bond donors (Lipinski definition) is 9. The third-order valence-corrected chi connectivity index (χ3v) is 11.2. The normalized spacial score (nSPS) is 13.0. The van der Waals surface area contributed by atoms with Gasteiger partial charge in [0.15, 0.2) is 0 Å². The Kier molecular flexibility index (Phi) is 15.1. The number of nitrogens with zero attached hydrogens (tertiary/aromatic N) is 1. The Labute approximate surface area is 364 Å². The Bertz CT molecular complexity index is 2490. The number of nitrogens with one attached hydrogen (secondary N) is 6. The molecule has 6 rings (SSSR count). The molecule has 0 spiro atoms. The standard InChI is InChI=1S/C39H47N9O6.C7H7Cl/c1-38(2,39(3,4)41)37(54)48-31(16-23-20-44-29-13-12-25(49)18-27(23)29)35(52)45-21-33(50)46-32(17-24-9-7-8-14-42-24)36(53)47-30(34(40)51)15-22-19-43-28-11-6-5-10-26(22)28;1-6-2-4-7(8)5-3-6/h5-14,18-20,30-32,43-44,49H,15-17,21,41H2,1-4H3,(H2,40,51)(H,45,52)(H,46,50)(H,47,53)(H,48,54);2-5H,1H3/t30-,31+,32+;/m1./s1. The average Bonchev–Trinajstić information content (AvgIpc) is 3.83. The number of aromatic hydroxyl groups is 1. The minimum atomic E-state index is -1.20. The van der Waals surface area contributed by atoms with E-state index in [1.807, 2.05) is 55.5 Å². The number of carbonyl (C=O) groups is 5. The van der Waals surface area contributed by atoms with Crippen LogP contribution in [0.2, 0.25) is 5.02 Å². The summed E-state index contributed by atoms with van der Waals surface area (Å²) >= 11 is 5.61. The van der Waals surface area contributed by atoms with Crippen LogP contribution in [0.1, 0.15) is 50.1 Å². The van der Waals surface area contributed by atoms with Crippen LogP contribution in [0.3, 0.4) is 0 Å². The van der Waals surface area contributed by atoms with Crippen LogP contribution in [-0.2, 0) is 43.2 Å². The highest BCUT2D eigenvalue weighted by atomic mass is 35.5. The number of carbonyl (C=O) groups excluding carboxylic acids is 5. The van der Waals surface area contributed by atoms with Crippen molar-refractivity contribution < 1.29 is 29.1 Å². The van der Waals surface area contributed by atoms with Crippen LogP contribution in [0.25, 0.3) is 21.8 Å². The number of fused-ring (bicyclic) bond motifs is 2. The van der Waals surface area contributed by atoms with Crippen molar-refractivity contribution in [1.82, 2.24) is 36.2 Å². The van der Waals surface area contributed by atoms with Crippen molar-refractivity contribution in [3.63, 3.8) is 0 Å². The molecule has 0 unspecified atom stereocenters. The summed E-state index contributed by atoms with van der Waals surface area (Å²) in [5, 5.41) is 23.1. The van der Waals surface area contributed by atoms with Gasteiger partial charge in [0, 0.05) is 75.9 Å². The van der Waals surface area contributed by atoms with Gasteiger partial charge in [-0.3, -0.25) is 29.0 Å². The molecule has 6 aromatic rings. The van der Waals surface area contributed by atoms with Gasteiger partial charge in [-0.25, -0.2) is 0 Å². The number of para-hydroxylation sites is 1. The molecular formula is C46H54ClN9O6. The van der Waals surface area contributed by atoms with E-state index in [4.69, 9.17) is 23.1 Å². The summed E-state index contributed by atoms with van der Waals surface area (Å²) in [5.74, 6) is -3.27. The smallest absolute Gasteiger partial charge is 0.243 e. The SMILES string of the molecule is CC(C)(N)C(C)(C)C(=O)N[C@@H](Cc1c[nH]c2ccc(O)cc12)C(=O)NCC(=O)N[C@@H](Cc1ccccn1)C(=O)N[C@H](Cc1c[nH]c2ccccc12)C(N)=O.Cc1ccc(Cl)cc1. The lowest BCUT2D eigenvalue weighted by molar-refractivity contribution is -0.136. The van der Waals surface area contributed by atoms with E-state index in [0.717, 1.165) is 21.5 Å². The van der Waals surface area contributed by atoms with Crippen LogP contribution >= 0.6 is 11.6 Å². The van der Waals surface area contributed by atoms with Gasteiger partial charge in [-0.15, -0.1) is 0 Å². The molecule has 0 aliphatic carbocycles. The lowest BCUT2D eigenvalue weighted by Gasteiger charge is -2.37. The van der Waals surface area contributed by atoms with Crippen molar-refractivity contribution in [2.75, 3.05) is 6.54 Å². The first-order valence-electron chi connectivity index (χ1n) is 20.0. The second-order valence-corrected chi connectivity index (χ2v) is 16.7. The second kappa shape index (κ2) is 20.2. The molecule has 3 aromatic carbocycles. The van der Waals surface area contributed by atoms with Crippen molar-refractivity contribution in [2.24, 2.45) is 16.9 Å². The summed E-state index contributed by atoms with van der Waals surface area (Å²) in [6, 6.07) is 21.7. The largest absolute Gasteiger partial charge is 0.508 e. The molecule has 0 aliphatic rings. The molecule has 0 fully saturated rings. The summed E-state index contributed by atoms with van der Waals surface area (Å²) in [6.45, 7) is 8.25. The summed E-state index contributed by atoms with van der Waals surface area (Å²) in [7, 11) is 0. The first-order chi connectivity index (χ1) is 29.3. The molecule has 0 saturated heterocycles. The number of rotatable bonds is 16. The number of primary amides is 1. The van der Waals surface area contributed by atoms with Gasteiger partial charge in [-0.2, -0.15) is 0 Å². The molecule has 11 N–H and O–H groups in total. The molecule has 0 aliphatic heterocycles. The number of aryl methyl sites for hydroxylation is 1. The highest BCUT2D eigenvalue weighted by Crippen LogP contribution is 2.29. The highest BCUT2D eigenvalue weighted by Gasteiger charge is 2.42. The quantitative estimate of drug-likeness (QED) is 0.0679. The lowest BCUT2D eigenvalue weighted by atomic mass is 9.74. The number of benzene rings is 3. The number of phenols is 1. The van der Waals surface area contributed by atoms with E-state index >= 15 is 0 Å². The number of hydrogen-bond acceptors (Lipinski definition) is 8. The van der Waals surface area contributed by atoms with Gasteiger partial charge in [0.25, 0.3) is 0 Å². The van der Waals surface area contributed by atoms with E-state index in [1.165, 1.54) is 11.6 Å². The lowest BCUT2D eigenvalue weighted by Crippen LogP contribution is -2.60. The fourth-order valence-corrected chi connectivity index (χ4v) is 6.54. The van der Waals surface area contributed by atoms with Gasteiger partial charge >= 0.3 is 0 Å². The first kappa shape index (κ1) is 46.4. The minimum absolute atomic E-state index is 0.0133. The molecule has 0 saturated carbocycles.